The fraction of sp³-hybridized carbons (Fsp3) is 0.333. The average Bonchev–Trinajstić information content (AvgIpc) is 2.54. The monoisotopic (exact) mass is 351 g/mol. The molecule has 1 N–H and O–H groups in total. The van der Waals surface area contributed by atoms with Gasteiger partial charge in [0.1, 0.15) is 18.2 Å². The predicted molar refractivity (Wildman–Crippen MR) is 93.1 cm³/mol. The first kappa shape index (κ1) is 18.4. The Labute approximate surface area is 142 Å². The molecule has 2 rings (SSSR count). The fourth-order valence-electron chi connectivity index (χ4n) is 2.32. The second-order valence-corrected chi connectivity index (χ2v) is 7.59. The first-order chi connectivity index (χ1) is 11.4. The van der Waals surface area contributed by atoms with Crippen LogP contribution >= 0.6 is 0 Å². The smallest absolute Gasteiger partial charge is 0.216 e. The Balaban J connectivity index is 1.87. The summed E-state index contributed by atoms with van der Waals surface area (Å²) in [7, 11) is -3.61. The van der Waals surface area contributed by atoms with Gasteiger partial charge in [-0.25, -0.2) is 17.5 Å². The molecule has 0 aliphatic carbocycles. The van der Waals surface area contributed by atoms with Gasteiger partial charge in [-0.05, 0) is 23.6 Å². The molecule has 0 bridgehead atoms. The lowest BCUT2D eigenvalue weighted by molar-refractivity contribution is 0.318. The normalized spacial score (nSPS) is 11.7. The van der Waals surface area contributed by atoms with Gasteiger partial charge in [0.15, 0.2) is 0 Å². The molecule has 0 aliphatic rings. The van der Waals surface area contributed by atoms with E-state index in [4.69, 9.17) is 4.74 Å². The summed E-state index contributed by atoms with van der Waals surface area (Å²) in [5, 5.41) is 0. The fourth-order valence-corrected chi connectivity index (χ4v) is 3.46. The summed E-state index contributed by atoms with van der Waals surface area (Å²) in [6, 6.07) is 13.5. The second kappa shape index (κ2) is 8.26. The van der Waals surface area contributed by atoms with E-state index in [-0.39, 0.29) is 24.5 Å². The first-order valence-electron chi connectivity index (χ1n) is 7.81. The average molecular weight is 351 g/mol. The number of nitrogens with one attached hydrogen (secondary N) is 1. The maximum absolute atomic E-state index is 13.5. The lowest BCUT2D eigenvalue weighted by atomic mass is 10.0. The molecule has 24 heavy (non-hydrogen) atoms. The zero-order valence-electron chi connectivity index (χ0n) is 13.8. The molecule has 0 spiro atoms. The van der Waals surface area contributed by atoms with Crippen molar-refractivity contribution in [2.24, 2.45) is 0 Å². The number of benzene rings is 2. The summed E-state index contributed by atoms with van der Waals surface area (Å²) < 4.78 is 45.6. The molecule has 4 nitrogen and oxygen atoms in total. The number of hydrogen-bond acceptors (Lipinski definition) is 3. The van der Waals surface area contributed by atoms with Crippen LogP contribution in [0, 0.1) is 5.82 Å². The third kappa shape index (κ3) is 5.32. The van der Waals surface area contributed by atoms with Crippen molar-refractivity contribution in [2.45, 2.75) is 25.5 Å². The predicted octanol–water partition coefficient (Wildman–Crippen LogP) is 3.45. The minimum Gasteiger partial charge on any atom is -0.492 e. The molecule has 0 heterocycles. The first-order valence-corrected chi connectivity index (χ1v) is 9.47. The third-order valence-corrected chi connectivity index (χ3v) is 4.86. The minimum atomic E-state index is -3.61. The summed E-state index contributed by atoms with van der Waals surface area (Å²) >= 11 is 0. The molecule has 2 aromatic carbocycles. The van der Waals surface area contributed by atoms with Gasteiger partial charge in [-0.2, -0.15) is 0 Å². The molecule has 0 saturated carbocycles. The molecular formula is C18H22FNO3S. The highest BCUT2D eigenvalue weighted by molar-refractivity contribution is 7.88. The van der Waals surface area contributed by atoms with Gasteiger partial charge in [-0.1, -0.05) is 50.2 Å². The van der Waals surface area contributed by atoms with Crippen LogP contribution < -0.4 is 9.46 Å². The molecule has 130 valence electrons. The van der Waals surface area contributed by atoms with Gasteiger partial charge in [0.05, 0.1) is 5.75 Å². The summed E-state index contributed by atoms with van der Waals surface area (Å²) in [5.74, 6) is 0.159. The van der Waals surface area contributed by atoms with Crippen molar-refractivity contribution in [3.8, 4) is 5.75 Å². The summed E-state index contributed by atoms with van der Waals surface area (Å²) in [6.45, 7) is 4.47. The highest BCUT2D eigenvalue weighted by atomic mass is 32.2. The standard InChI is InChI=1S/C18H22FNO3S/c1-14(2)16-8-4-6-10-18(16)23-12-11-20-24(21,22)13-15-7-3-5-9-17(15)19/h3-10,14,20H,11-13H2,1-2H3. The number of para-hydroxylation sites is 1. The quantitative estimate of drug-likeness (QED) is 0.741. The van der Waals surface area contributed by atoms with E-state index in [1.165, 1.54) is 18.2 Å². The van der Waals surface area contributed by atoms with E-state index < -0.39 is 15.8 Å². The van der Waals surface area contributed by atoms with Crippen LogP contribution in [0.4, 0.5) is 4.39 Å². The number of rotatable bonds is 8. The molecule has 0 unspecified atom stereocenters. The van der Waals surface area contributed by atoms with E-state index in [1.54, 1.807) is 6.07 Å². The summed E-state index contributed by atoms with van der Waals surface area (Å²) in [4.78, 5) is 0. The molecule has 0 radical (unpaired) electrons. The third-order valence-electron chi connectivity index (χ3n) is 3.53. The number of hydrogen-bond donors (Lipinski definition) is 1. The zero-order valence-corrected chi connectivity index (χ0v) is 14.6. The zero-order chi connectivity index (χ0) is 17.6. The lowest BCUT2D eigenvalue weighted by Gasteiger charge is -2.14. The van der Waals surface area contributed by atoms with E-state index in [0.717, 1.165) is 11.3 Å². The van der Waals surface area contributed by atoms with Gasteiger partial charge in [0, 0.05) is 12.1 Å². The van der Waals surface area contributed by atoms with Gasteiger partial charge < -0.3 is 4.74 Å². The van der Waals surface area contributed by atoms with Crippen LogP contribution in [-0.4, -0.2) is 21.6 Å². The van der Waals surface area contributed by atoms with Gasteiger partial charge in [0.2, 0.25) is 10.0 Å². The van der Waals surface area contributed by atoms with Crippen molar-refractivity contribution in [1.82, 2.24) is 4.72 Å². The van der Waals surface area contributed by atoms with Crippen molar-refractivity contribution in [3.63, 3.8) is 0 Å². The van der Waals surface area contributed by atoms with Crippen molar-refractivity contribution >= 4 is 10.0 Å². The molecule has 0 aromatic heterocycles. The number of halogens is 1. The summed E-state index contributed by atoms with van der Waals surface area (Å²) in [6.07, 6.45) is 0. The van der Waals surface area contributed by atoms with Gasteiger partial charge in [0.25, 0.3) is 0 Å². The van der Waals surface area contributed by atoms with Crippen molar-refractivity contribution in [1.29, 1.82) is 0 Å². The van der Waals surface area contributed by atoms with Gasteiger partial charge in [-0.3, -0.25) is 0 Å². The van der Waals surface area contributed by atoms with E-state index in [9.17, 15) is 12.8 Å². The molecule has 0 atom stereocenters. The van der Waals surface area contributed by atoms with Crippen molar-refractivity contribution in [3.05, 3.63) is 65.5 Å². The SMILES string of the molecule is CC(C)c1ccccc1OCCNS(=O)(=O)Cc1ccccc1F. The molecule has 0 aliphatic heterocycles. The Morgan fingerprint density at radius 3 is 2.46 bits per heavy atom. The van der Waals surface area contributed by atoms with Crippen LogP contribution in [0.3, 0.4) is 0 Å². The maximum Gasteiger partial charge on any atom is 0.216 e. The van der Waals surface area contributed by atoms with Crippen LogP contribution in [-0.2, 0) is 15.8 Å². The highest BCUT2D eigenvalue weighted by Crippen LogP contribution is 2.25. The topological polar surface area (TPSA) is 55.4 Å². The van der Waals surface area contributed by atoms with E-state index in [0.29, 0.717) is 5.92 Å². The number of sulfonamides is 1. The van der Waals surface area contributed by atoms with E-state index in [1.807, 2.05) is 24.3 Å². The van der Waals surface area contributed by atoms with Crippen LogP contribution in [0.25, 0.3) is 0 Å². The maximum atomic E-state index is 13.5. The van der Waals surface area contributed by atoms with Crippen LogP contribution in [0.1, 0.15) is 30.9 Å². The van der Waals surface area contributed by atoms with E-state index in [2.05, 4.69) is 18.6 Å². The highest BCUT2D eigenvalue weighted by Gasteiger charge is 2.14. The Morgan fingerprint density at radius 1 is 1.08 bits per heavy atom. The van der Waals surface area contributed by atoms with Crippen LogP contribution in [0.2, 0.25) is 0 Å². The second-order valence-electron chi connectivity index (χ2n) is 5.79. The van der Waals surface area contributed by atoms with Crippen LogP contribution in [0.5, 0.6) is 5.75 Å². The van der Waals surface area contributed by atoms with Gasteiger partial charge >= 0.3 is 0 Å². The molecule has 6 heteroatoms. The molecule has 0 saturated heterocycles. The molecular weight excluding hydrogens is 329 g/mol. The largest absolute Gasteiger partial charge is 0.492 e. The Hall–Kier alpha value is -1.92. The Morgan fingerprint density at radius 2 is 1.75 bits per heavy atom. The molecule has 0 amide bonds. The summed E-state index contributed by atoms with van der Waals surface area (Å²) in [5.41, 5.74) is 1.22. The Bertz CT molecular complexity index is 775. The minimum absolute atomic E-state index is 0.128. The van der Waals surface area contributed by atoms with Crippen molar-refractivity contribution in [2.75, 3.05) is 13.2 Å². The van der Waals surface area contributed by atoms with Crippen molar-refractivity contribution < 1.29 is 17.5 Å². The number of ether oxygens (including phenoxy) is 1. The van der Waals surface area contributed by atoms with Gasteiger partial charge in [-0.15, -0.1) is 0 Å². The Kier molecular flexibility index (Phi) is 6.34. The molecule has 2 aromatic rings. The van der Waals surface area contributed by atoms with E-state index >= 15 is 0 Å². The molecule has 0 fully saturated rings. The van der Waals surface area contributed by atoms with Crippen LogP contribution in [0.15, 0.2) is 48.5 Å². The lowest BCUT2D eigenvalue weighted by Crippen LogP contribution is -2.29.